The molecular weight excluding hydrogens is 1640 g/mol. The van der Waals surface area contributed by atoms with E-state index in [0.717, 1.165) is 55.2 Å². The van der Waals surface area contributed by atoms with Crippen molar-refractivity contribution in [3.05, 3.63) is 435 Å². The number of halogens is 4. The number of aromatic nitrogens is 8. The van der Waals surface area contributed by atoms with Gasteiger partial charge < -0.3 is 36.0 Å². The summed E-state index contributed by atoms with van der Waals surface area (Å²) in [7, 11) is 0. The molecule has 0 saturated carbocycles. The van der Waals surface area contributed by atoms with Crippen LogP contribution in [0.2, 0.25) is 20.1 Å². The van der Waals surface area contributed by atoms with Crippen LogP contribution < -0.4 is 48.8 Å². The standard InChI is InChI=1S/C27H20ClN3O2.C26H21ClN4O.C24H20ClN3O2.C22H18ClN3O3/c1-17(30-26(32)21-13-5-8-18-10-7-15-29-25(18)21)23-16-19-9-6-14-22(28)24(19)27(33)31(23)20-11-3-2-4-12-20;1-16(20-11-7-13-22-25(20)29-15-28-22)30-17(2)23-14-18-8-6-12-21(27)24(18)26(32)31(23)19-9-4-3-5-10-19;1-15-19(11-7-13-26-15)23(29)27-16(2)21-14-17-8-6-12-20(25)22(17)24(30)28(21)18-9-4-3-5-10-18;1-13(24-21(27)18-12-29-14(2)25-18)19-11-15-7-6-10-17(23)20(15)22(28)26(19)16-8-4-3-5-9-16/h2-17H,1H3,(H,30,32);3-15,17,30H,1H2,2H3,(H,28,29);3-14,16,26H,1H2,2H3,(H,27,29);3-13H,1-2H3,(H,24,27)/t2*17-;16-;13-/m0000/s1. The van der Waals surface area contributed by atoms with E-state index in [2.05, 4.69) is 59.7 Å². The van der Waals surface area contributed by atoms with Crippen LogP contribution in [0.1, 0.15) is 107 Å². The molecule has 616 valence electrons. The summed E-state index contributed by atoms with van der Waals surface area (Å²) >= 11 is 25.5. The lowest BCUT2D eigenvalue weighted by atomic mass is 10.1. The van der Waals surface area contributed by atoms with Gasteiger partial charge in [-0.15, -0.1) is 0 Å². The topological polar surface area (TPSA) is 267 Å². The number of carbonyl (C=O) groups excluding carboxylic acids is 3. The summed E-state index contributed by atoms with van der Waals surface area (Å²) in [5.41, 5.74) is 10.5. The predicted octanol–water partition coefficient (Wildman–Crippen LogP) is 20.3. The second-order valence-corrected chi connectivity index (χ2v) is 30.9. The predicted molar refractivity (Wildman–Crippen MR) is 496 cm³/mol. The van der Waals surface area contributed by atoms with E-state index in [4.69, 9.17) is 50.8 Å². The zero-order valence-corrected chi connectivity index (χ0v) is 70.5. The molecule has 3 amide bonds. The Balaban J connectivity index is 0.000000128. The van der Waals surface area contributed by atoms with E-state index < -0.39 is 18.1 Å². The fourth-order valence-electron chi connectivity index (χ4n) is 15.1. The van der Waals surface area contributed by atoms with Crippen LogP contribution in [0.5, 0.6) is 0 Å². The Bertz CT molecular complexity index is 7350. The minimum absolute atomic E-state index is 0.150. The molecule has 0 spiro atoms. The van der Waals surface area contributed by atoms with Crippen molar-refractivity contribution < 1.29 is 18.8 Å². The summed E-state index contributed by atoms with van der Waals surface area (Å²) in [4.78, 5) is 109. The second-order valence-electron chi connectivity index (χ2n) is 29.2. The largest absolute Gasteiger partial charge is 0.448 e. The molecule has 18 rings (SSSR count). The Kier molecular flexibility index (Phi) is 25.2. The smallest absolute Gasteiger partial charge is 0.273 e. The van der Waals surface area contributed by atoms with Gasteiger partial charge in [0.2, 0.25) is 0 Å². The molecule has 17 aromatic rings. The SMILES string of the molecule is C=C(N[C@@H](C)c1cc2cccc(Cl)c2c(=O)n1-c1ccccc1)c1cccc2[nH]cnc12.C=C1NC=CC=C1C(=O)N[C@@H](C)c1cc2cccc(Cl)c2c(=O)n1-c1ccccc1.C[C@H](NC(=O)c1cccc2cccnc12)c1cc2cccc(Cl)c2c(=O)n1-c1ccccc1.Cc1nc(C(=O)N[C@@H](C)c2cc3cccc(Cl)c3c(=O)n2-c2ccccc2)co1. The van der Waals surface area contributed by atoms with Crippen molar-refractivity contribution in [1.29, 1.82) is 0 Å². The number of aromatic amines is 1. The number of benzene rings is 10. The molecule has 1 aliphatic heterocycles. The number of allylic oxidation sites excluding steroid dienone is 2. The molecule has 124 heavy (non-hydrogen) atoms. The number of rotatable bonds is 17. The molecule has 6 N–H and O–H groups in total. The maximum absolute atomic E-state index is 13.6. The molecule has 10 aromatic carbocycles. The molecule has 25 heteroatoms. The molecule has 0 aliphatic carbocycles. The average Bonchev–Trinajstić information content (AvgIpc) is 1.72. The zero-order chi connectivity index (χ0) is 87.0. The Morgan fingerprint density at radius 1 is 0.419 bits per heavy atom. The molecular formula is C99H79Cl4N13O8. The summed E-state index contributed by atoms with van der Waals surface area (Å²) in [6, 6.07) is 80.3. The van der Waals surface area contributed by atoms with E-state index in [-0.39, 0.29) is 51.7 Å². The Labute approximate surface area is 730 Å². The molecule has 1 aliphatic rings. The number of nitrogens with one attached hydrogen (secondary N) is 6. The number of amides is 3. The quantitative estimate of drug-likeness (QED) is 0.0496. The average molecular weight is 1720 g/mol. The van der Waals surface area contributed by atoms with Crippen LogP contribution in [0, 0.1) is 6.92 Å². The number of nitrogens with zero attached hydrogens (tertiary/aromatic N) is 7. The van der Waals surface area contributed by atoms with Gasteiger partial charge in [0, 0.05) is 87.2 Å². The number of aryl methyl sites for hydroxylation is 1. The number of pyridine rings is 5. The third kappa shape index (κ3) is 17.6. The van der Waals surface area contributed by atoms with E-state index in [1.54, 1.807) is 98.5 Å². The fraction of sp³-hybridized carbons (Fsp3) is 0.0909. The number of imidazole rings is 1. The van der Waals surface area contributed by atoms with Gasteiger partial charge in [-0.1, -0.05) is 211 Å². The Morgan fingerprint density at radius 2 is 0.790 bits per heavy atom. The molecule has 7 aromatic heterocycles. The summed E-state index contributed by atoms with van der Waals surface area (Å²) in [6.07, 6.45) is 9.80. The van der Waals surface area contributed by atoms with Crippen LogP contribution in [-0.2, 0) is 4.79 Å². The first-order valence-electron chi connectivity index (χ1n) is 39.5. The third-order valence-corrected chi connectivity index (χ3v) is 22.3. The van der Waals surface area contributed by atoms with Gasteiger partial charge >= 0.3 is 0 Å². The summed E-state index contributed by atoms with van der Waals surface area (Å²) in [6.45, 7) is 17.3. The van der Waals surface area contributed by atoms with Gasteiger partial charge in [0.1, 0.15) is 6.26 Å². The van der Waals surface area contributed by atoms with Crippen LogP contribution in [0.3, 0.4) is 0 Å². The third-order valence-electron chi connectivity index (χ3n) is 21.1. The molecule has 0 bridgehead atoms. The van der Waals surface area contributed by atoms with Crippen LogP contribution in [-0.4, -0.2) is 55.9 Å². The number of hydrogen-bond donors (Lipinski definition) is 6. The molecule has 0 fully saturated rings. The van der Waals surface area contributed by atoms with Crippen molar-refractivity contribution in [2.45, 2.75) is 58.8 Å². The fourth-order valence-corrected chi connectivity index (χ4v) is 16.2. The first kappa shape index (κ1) is 84.3. The van der Waals surface area contributed by atoms with Crippen molar-refractivity contribution in [2.75, 3.05) is 0 Å². The highest BCUT2D eigenvalue weighted by atomic mass is 35.5. The maximum atomic E-state index is 13.6. The molecule has 4 atom stereocenters. The van der Waals surface area contributed by atoms with Gasteiger partial charge in [-0.3, -0.25) is 56.8 Å². The van der Waals surface area contributed by atoms with Gasteiger partial charge in [-0.05, 0) is 177 Å². The minimum atomic E-state index is -0.476. The number of H-pyrrole nitrogens is 1. The van der Waals surface area contributed by atoms with Crippen molar-refractivity contribution in [3.8, 4) is 22.7 Å². The van der Waals surface area contributed by atoms with Gasteiger partial charge in [-0.2, -0.15) is 0 Å². The number of carbonyl (C=O) groups is 3. The van der Waals surface area contributed by atoms with Gasteiger partial charge in [0.25, 0.3) is 40.0 Å². The molecule has 8 heterocycles. The number of para-hydroxylation sites is 6. The van der Waals surface area contributed by atoms with Gasteiger partial charge in [-0.25, -0.2) is 9.97 Å². The number of hydrogen-bond acceptors (Lipinski definition) is 13. The van der Waals surface area contributed by atoms with Crippen LogP contribution >= 0.6 is 46.4 Å². The minimum Gasteiger partial charge on any atom is -0.448 e. The lowest BCUT2D eigenvalue weighted by Gasteiger charge is -2.23. The highest BCUT2D eigenvalue weighted by Gasteiger charge is 2.27. The summed E-state index contributed by atoms with van der Waals surface area (Å²) in [5.74, 6) is -0.510. The Morgan fingerprint density at radius 3 is 1.20 bits per heavy atom. The van der Waals surface area contributed by atoms with Crippen molar-refractivity contribution >= 4 is 135 Å². The molecule has 21 nitrogen and oxygen atoms in total. The van der Waals surface area contributed by atoms with Crippen molar-refractivity contribution in [3.63, 3.8) is 0 Å². The van der Waals surface area contributed by atoms with Crippen molar-refractivity contribution in [2.24, 2.45) is 0 Å². The zero-order valence-electron chi connectivity index (χ0n) is 67.5. The monoisotopic (exact) mass is 1720 g/mol. The first-order valence-corrected chi connectivity index (χ1v) is 41.0. The van der Waals surface area contributed by atoms with Crippen LogP contribution in [0.25, 0.3) is 93.5 Å². The van der Waals surface area contributed by atoms with E-state index in [1.807, 2.05) is 252 Å². The van der Waals surface area contributed by atoms with Gasteiger partial charge in [0.15, 0.2) is 11.6 Å². The normalized spacial score (nSPS) is 12.6. The second kappa shape index (κ2) is 37.1. The van der Waals surface area contributed by atoms with Crippen LogP contribution in [0.15, 0.2) is 352 Å². The van der Waals surface area contributed by atoms with E-state index >= 15 is 0 Å². The number of oxazole rings is 1. The molecule has 0 unspecified atom stereocenters. The number of fused-ring (bicyclic) bond motifs is 6. The van der Waals surface area contributed by atoms with E-state index in [0.29, 0.717) is 109 Å². The Hall–Kier alpha value is -14.7. The molecule has 0 saturated heterocycles. The van der Waals surface area contributed by atoms with E-state index in [9.17, 15) is 33.6 Å². The molecule has 0 radical (unpaired) electrons. The number of dihydropyridines is 1. The highest BCUT2D eigenvalue weighted by molar-refractivity contribution is 6.37. The first-order chi connectivity index (χ1) is 60.0. The summed E-state index contributed by atoms with van der Waals surface area (Å²) < 4.78 is 11.6. The van der Waals surface area contributed by atoms with Crippen molar-refractivity contribution in [1.82, 2.24) is 64.8 Å². The highest BCUT2D eigenvalue weighted by Crippen LogP contribution is 2.33. The van der Waals surface area contributed by atoms with Gasteiger partial charge in [0.05, 0.1) is 99.8 Å². The lowest BCUT2D eigenvalue weighted by molar-refractivity contribution is -0.118. The summed E-state index contributed by atoms with van der Waals surface area (Å²) in [5, 5.41) is 22.6. The van der Waals surface area contributed by atoms with Crippen LogP contribution in [0.4, 0.5) is 0 Å². The van der Waals surface area contributed by atoms with E-state index in [1.165, 1.54) is 6.26 Å². The maximum Gasteiger partial charge on any atom is 0.273 e. The lowest BCUT2D eigenvalue weighted by Crippen LogP contribution is -2.34.